The third-order valence-electron chi connectivity index (χ3n) is 7.71. The fourth-order valence-corrected chi connectivity index (χ4v) is 6.57. The molecule has 3 aliphatic carbocycles. The molecule has 4 aliphatic rings. The number of ether oxygens (including phenoxy) is 2. The third-order valence-corrected chi connectivity index (χ3v) is 7.71. The number of benzene rings is 1. The highest BCUT2D eigenvalue weighted by Gasteiger charge is 2.64. The molecule has 0 aromatic heterocycles. The van der Waals surface area contributed by atoms with Gasteiger partial charge in [-0.1, -0.05) is 13.0 Å². The molecule has 1 aromatic rings. The molecule has 0 bridgehead atoms. The Bertz CT molecular complexity index is 648. The van der Waals surface area contributed by atoms with Crippen molar-refractivity contribution in [2.75, 3.05) is 13.2 Å². The van der Waals surface area contributed by atoms with Crippen molar-refractivity contribution in [1.29, 1.82) is 0 Å². The Labute approximate surface area is 144 Å². The van der Waals surface area contributed by atoms with Crippen molar-refractivity contribution in [2.45, 2.75) is 63.6 Å². The second-order valence-electron chi connectivity index (χ2n) is 8.60. The van der Waals surface area contributed by atoms with Crippen molar-refractivity contribution in [1.82, 2.24) is 0 Å². The average molecular weight is 328 g/mol. The first-order valence-corrected chi connectivity index (χ1v) is 9.73. The molecule has 24 heavy (non-hydrogen) atoms. The Hall–Kier alpha value is -1.06. The smallest absolute Gasteiger partial charge is 0.173 e. The Morgan fingerprint density at radius 3 is 2.75 bits per heavy atom. The van der Waals surface area contributed by atoms with Crippen LogP contribution >= 0.6 is 0 Å². The van der Waals surface area contributed by atoms with E-state index in [4.69, 9.17) is 9.47 Å². The first-order chi connectivity index (χ1) is 11.6. The summed E-state index contributed by atoms with van der Waals surface area (Å²) in [6, 6.07) is 6.05. The number of hydrogen-bond acceptors (Lipinski definition) is 3. The van der Waals surface area contributed by atoms with Crippen molar-refractivity contribution in [3.63, 3.8) is 0 Å². The van der Waals surface area contributed by atoms with Crippen molar-refractivity contribution in [3.8, 4) is 5.75 Å². The third kappa shape index (κ3) is 1.91. The normalized spacial score (nSPS) is 40.0. The molecule has 3 heteroatoms. The first kappa shape index (κ1) is 15.2. The molecular formula is C21H28O3. The lowest BCUT2D eigenvalue weighted by Gasteiger charge is -2.54. The van der Waals surface area contributed by atoms with Crippen LogP contribution in [0.25, 0.3) is 0 Å². The number of hydrogen-bond donors (Lipinski definition) is 1. The fraction of sp³-hybridized carbons (Fsp3) is 0.714. The summed E-state index contributed by atoms with van der Waals surface area (Å²) in [5, 5.41) is 9.81. The van der Waals surface area contributed by atoms with Crippen LogP contribution in [0.1, 0.15) is 62.5 Å². The van der Waals surface area contributed by atoms with E-state index in [0.717, 1.165) is 38.4 Å². The zero-order chi connectivity index (χ0) is 16.4. The van der Waals surface area contributed by atoms with Crippen LogP contribution in [0.4, 0.5) is 0 Å². The largest absolute Gasteiger partial charge is 0.508 e. The van der Waals surface area contributed by atoms with Crippen LogP contribution in [0.15, 0.2) is 18.2 Å². The Kier molecular flexibility index (Phi) is 3.31. The molecule has 0 radical (unpaired) electrons. The van der Waals surface area contributed by atoms with E-state index < -0.39 is 0 Å². The summed E-state index contributed by atoms with van der Waals surface area (Å²) in [6.45, 7) is 4.16. The standard InChI is InChI=1S/C21H28O3/c1-20-9-7-17-16-6-4-15(22)13-14(16)3-5-18(17)19(20)8-10-21(20)23-11-2-12-24-21/h4,6,13,17-19,22H,2-3,5,7-12H2,1H3/t17-,18-,19+,20+/m1/s1. The number of phenols is 1. The van der Waals surface area contributed by atoms with E-state index in [-0.39, 0.29) is 11.2 Å². The Balaban J connectivity index is 1.49. The van der Waals surface area contributed by atoms with Gasteiger partial charge in [0.25, 0.3) is 0 Å². The minimum atomic E-state index is -0.309. The molecule has 130 valence electrons. The first-order valence-electron chi connectivity index (χ1n) is 9.73. The van der Waals surface area contributed by atoms with Gasteiger partial charge in [0.05, 0.1) is 13.2 Å². The highest BCUT2D eigenvalue weighted by molar-refractivity contribution is 5.40. The van der Waals surface area contributed by atoms with E-state index >= 15 is 0 Å². The van der Waals surface area contributed by atoms with Crippen molar-refractivity contribution in [3.05, 3.63) is 29.3 Å². The number of aromatic hydroxyl groups is 1. The van der Waals surface area contributed by atoms with Crippen LogP contribution in [0.2, 0.25) is 0 Å². The molecule has 1 saturated heterocycles. The minimum Gasteiger partial charge on any atom is -0.508 e. The molecule has 5 rings (SSSR count). The van der Waals surface area contributed by atoms with E-state index in [0.29, 0.717) is 17.6 Å². The maximum Gasteiger partial charge on any atom is 0.173 e. The van der Waals surface area contributed by atoms with Gasteiger partial charge in [0.15, 0.2) is 5.79 Å². The molecule has 3 fully saturated rings. The number of fused-ring (bicyclic) bond motifs is 6. The summed E-state index contributed by atoms with van der Waals surface area (Å²) in [6.07, 6.45) is 8.11. The van der Waals surface area contributed by atoms with Gasteiger partial charge in [-0.25, -0.2) is 0 Å². The summed E-state index contributed by atoms with van der Waals surface area (Å²) >= 11 is 0. The van der Waals surface area contributed by atoms with Crippen LogP contribution in [0.5, 0.6) is 5.75 Å². The maximum atomic E-state index is 9.81. The van der Waals surface area contributed by atoms with E-state index in [1.807, 2.05) is 12.1 Å². The van der Waals surface area contributed by atoms with Crippen molar-refractivity contribution < 1.29 is 14.6 Å². The van der Waals surface area contributed by atoms with Crippen LogP contribution in [0.3, 0.4) is 0 Å². The predicted molar refractivity (Wildman–Crippen MR) is 92.0 cm³/mol. The maximum absolute atomic E-state index is 9.81. The van der Waals surface area contributed by atoms with Gasteiger partial charge in [-0.05, 0) is 79.5 Å². The molecule has 4 atom stereocenters. The zero-order valence-electron chi connectivity index (χ0n) is 14.6. The summed E-state index contributed by atoms with van der Waals surface area (Å²) in [5.74, 6) is 2.21. The van der Waals surface area contributed by atoms with Gasteiger partial charge in [0.2, 0.25) is 0 Å². The molecule has 1 aromatic carbocycles. The SMILES string of the molecule is C[C@]12CC[C@@H]3c4ccc(O)cc4CC[C@H]3[C@@H]1CCC21OCCCO1. The minimum absolute atomic E-state index is 0.170. The van der Waals surface area contributed by atoms with Crippen molar-refractivity contribution >= 4 is 0 Å². The quantitative estimate of drug-likeness (QED) is 0.768. The summed E-state index contributed by atoms with van der Waals surface area (Å²) in [7, 11) is 0. The molecule has 3 nitrogen and oxygen atoms in total. The van der Waals surface area contributed by atoms with Gasteiger partial charge in [-0.15, -0.1) is 0 Å². The van der Waals surface area contributed by atoms with Crippen LogP contribution in [0, 0.1) is 17.3 Å². The molecule has 0 amide bonds. The second kappa shape index (κ2) is 5.22. The number of rotatable bonds is 0. The number of phenolic OH excluding ortho intramolecular Hbond substituents is 1. The van der Waals surface area contributed by atoms with Gasteiger partial charge in [-0.2, -0.15) is 0 Å². The molecule has 1 spiro atoms. The molecule has 0 unspecified atom stereocenters. The van der Waals surface area contributed by atoms with Crippen LogP contribution in [-0.2, 0) is 15.9 Å². The van der Waals surface area contributed by atoms with Gasteiger partial charge < -0.3 is 14.6 Å². The number of aryl methyl sites for hydroxylation is 1. The predicted octanol–water partition coefficient (Wildman–Crippen LogP) is 4.38. The molecule has 1 N–H and O–H groups in total. The monoisotopic (exact) mass is 328 g/mol. The van der Waals surface area contributed by atoms with Gasteiger partial charge >= 0.3 is 0 Å². The summed E-state index contributed by atoms with van der Waals surface area (Å²) < 4.78 is 12.6. The molecule has 1 aliphatic heterocycles. The highest BCUT2D eigenvalue weighted by Crippen LogP contribution is 2.66. The summed E-state index contributed by atoms with van der Waals surface area (Å²) in [5.41, 5.74) is 3.04. The van der Waals surface area contributed by atoms with Gasteiger partial charge in [0, 0.05) is 11.8 Å². The topological polar surface area (TPSA) is 38.7 Å². The van der Waals surface area contributed by atoms with Crippen molar-refractivity contribution in [2.24, 2.45) is 17.3 Å². The van der Waals surface area contributed by atoms with E-state index in [9.17, 15) is 5.11 Å². The lowest BCUT2D eigenvalue weighted by Crippen LogP contribution is -2.55. The average Bonchev–Trinajstić information content (AvgIpc) is 2.87. The lowest BCUT2D eigenvalue weighted by molar-refractivity contribution is -0.320. The lowest BCUT2D eigenvalue weighted by atomic mass is 9.54. The van der Waals surface area contributed by atoms with Crippen LogP contribution in [-0.4, -0.2) is 24.1 Å². The molecule has 2 saturated carbocycles. The van der Waals surface area contributed by atoms with Gasteiger partial charge in [-0.3, -0.25) is 0 Å². The van der Waals surface area contributed by atoms with E-state index in [2.05, 4.69) is 13.0 Å². The van der Waals surface area contributed by atoms with E-state index in [1.54, 1.807) is 0 Å². The highest BCUT2D eigenvalue weighted by atomic mass is 16.7. The Morgan fingerprint density at radius 2 is 1.92 bits per heavy atom. The van der Waals surface area contributed by atoms with Crippen LogP contribution < -0.4 is 0 Å². The second-order valence-corrected chi connectivity index (χ2v) is 8.60. The Morgan fingerprint density at radius 1 is 1.08 bits per heavy atom. The molecular weight excluding hydrogens is 300 g/mol. The zero-order valence-corrected chi connectivity index (χ0v) is 14.6. The molecule has 1 heterocycles. The van der Waals surface area contributed by atoms with E-state index in [1.165, 1.54) is 36.8 Å². The fourth-order valence-electron chi connectivity index (χ4n) is 6.57. The summed E-state index contributed by atoms with van der Waals surface area (Å²) in [4.78, 5) is 0. The van der Waals surface area contributed by atoms with Gasteiger partial charge in [0.1, 0.15) is 5.75 Å².